The zero-order valence-electron chi connectivity index (χ0n) is 22.6. The summed E-state index contributed by atoms with van der Waals surface area (Å²) >= 11 is 0. The van der Waals surface area contributed by atoms with Gasteiger partial charge in [-0.2, -0.15) is 8.42 Å². The number of ether oxygens (including phenoxy) is 1. The maximum absolute atomic E-state index is 14.5. The van der Waals surface area contributed by atoms with Crippen LogP contribution in [-0.4, -0.2) is 48.0 Å². The molecule has 1 aromatic carbocycles. The van der Waals surface area contributed by atoms with Crippen LogP contribution in [0, 0.1) is 17.7 Å². The third-order valence-electron chi connectivity index (χ3n) is 6.30. The van der Waals surface area contributed by atoms with Gasteiger partial charge in [-0.3, -0.25) is 4.79 Å². The van der Waals surface area contributed by atoms with Gasteiger partial charge in [0.2, 0.25) is 0 Å². The lowest BCUT2D eigenvalue weighted by Gasteiger charge is -2.33. The van der Waals surface area contributed by atoms with Gasteiger partial charge in [0.05, 0.1) is 18.5 Å². The van der Waals surface area contributed by atoms with Gasteiger partial charge in [-0.05, 0) is 56.4 Å². The van der Waals surface area contributed by atoms with Gasteiger partial charge in [-0.15, -0.1) is 0 Å². The Balaban J connectivity index is 0.00000294. The fourth-order valence-electron chi connectivity index (χ4n) is 4.69. The van der Waals surface area contributed by atoms with Crippen LogP contribution in [0.4, 0.5) is 16.0 Å². The predicted molar refractivity (Wildman–Crippen MR) is 150 cm³/mol. The first-order chi connectivity index (χ1) is 18.2. The standard InChI is InChI=1S/C27H33FN6O4S.2H2/c1-16(2)15-38-20-10-18(9-19(28)11-20)21-13-30-24(25(31-21)34-14-17(3)12-27(34,4)5)26(35)33-39(36,37)23-8-6-7-22(29)32-23;;/h6-11,13,16-17H,12,14-15H2,1-5H3,(H2,29,32)(H,33,35);2*1H/t17-;;/m0../s1. The smallest absolute Gasteiger partial charge is 0.287 e. The number of rotatable bonds is 8. The molecular weight excluding hydrogens is 523 g/mol. The number of nitrogens with two attached hydrogens (primary N) is 1. The zero-order valence-corrected chi connectivity index (χ0v) is 23.4. The van der Waals surface area contributed by atoms with E-state index in [2.05, 4.69) is 16.9 Å². The largest absolute Gasteiger partial charge is 0.493 e. The minimum absolute atomic E-state index is 0. The first-order valence-electron chi connectivity index (χ1n) is 12.6. The van der Waals surface area contributed by atoms with E-state index in [1.807, 2.05) is 37.3 Å². The lowest BCUT2D eigenvalue weighted by molar-refractivity contribution is 0.0976. The van der Waals surface area contributed by atoms with Crippen molar-refractivity contribution in [3.05, 3.63) is 54.1 Å². The third kappa shape index (κ3) is 6.44. The van der Waals surface area contributed by atoms with Crippen molar-refractivity contribution in [3.63, 3.8) is 0 Å². The molecule has 39 heavy (non-hydrogen) atoms. The molecule has 10 nitrogen and oxygen atoms in total. The molecule has 1 atom stereocenters. The summed E-state index contributed by atoms with van der Waals surface area (Å²) in [5, 5.41) is -0.397. The molecule has 0 spiro atoms. The van der Waals surface area contributed by atoms with Crippen LogP contribution >= 0.6 is 0 Å². The average Bonchev–Trinajstić information content (AvgIpc) is 3.13. The van der Waals surface area contributed by atoms with E-state index in [4.69, 9.17) is 15.5 Å². The molecule has 1 saturated heterocycles. The van der Waals surface area contributed by atoms with E-state index in [1.54, 1.807) is 6.07 Å². The molecule has 3 N–H and O–H groups in total. The summed E-state index contributed by atoms with van der Waals surface area (Å²) in [7, 11) is -4.34. The topological polar surface area (TPSA) is 140 Å². The molecule has 2 aromatic heterocycles. The Morgan fingerprint density at radius 3 is 2.67 bits per heavy atom. The number of nitrogens with one attached hydrogen (secondary N) is 1. The van der Waals surface area contributed by atoms with Crippen LogP contribution in [-0.2, 0) is 10.0 Å². The van der Waals surface area contributed by atoms with Crippen LogP contribution in [0.15, 0.2) is 47.6 Å². The summed E-state index contributed by atoms with van der Waals surface area (Å²) in [5.41, 5.74) is 5.77. The number of amides is 1. The molecule has 12 heteroatoms. The summed E-state index contributed by atoms with van der Waals surface area (Å²) in [6.45, 7) is 11.1. The molecule has 3 aromatic rings. The maximum atomic E-state index is 14.5. The van der Waals surface area contributed by atoms with Gasteiger partial charge in [0, 0.05) is 26.6 Å². The number of halogens is 1. The Morgan fingerprint density at radius 1 is 1.28 bits per heavy atom. The second-order valence-electron chi connectivity index (χ2n) is 10.9. The number of aromatic nitrogens is 3. The molecule has 212 valence electrons. The quantitative estimate of drug-likeness (QED) is 0.406. The normalized spacial score (nSPS) is 16.9. The van der Waals surface area contributed by atoms with Gasteiger partial charge < -0.3 is 15.4 Å². The number of hydrogen-bond acceptors (Lipinski definition) is 9. The van der Waals surface area contributed by atoms with E-state index in [1.165, 1.54) is 36.5 Å². The Kier molecular flexibility index (Phi) is 7.78. The summed E-state index contributed by atoms with van der Waals surface area (Å²) in [4.78, 5) is 28.1. The maximum Gasteiger partial charge on any atom is 0.287 e. The lowest BCUT2D eigenvalue weighted by atomic mass is 9.97. The predicted octanol–water partition coefficient (Wildman–Crippen LogP) is 4.53. The average molecular weight is 561 g/mol. The highest BCUT2D eigenvalue weighted by molar-refractivity contribution is 7.90. The molecule has 4 rings (SSSR count). The minimum atomic E-state index is -4.34. The lowest BCUT2D eigenvalue weighted by Crippen LogP contribution is -2.41. The molecular formula is C27H37FN6O4S. The number of pyridine rings is 1. The van der Waals surface area contributed by atoms with E-state index in [0.717, 1.165) is 6.42 Å². The van der Waals surface area contributed by atoms with Crippen LogP contribution in [0.3, 0.4) is 0 Å². The van der Waals surface area contributed by atoms with Gasteiger partial charge in [-0.25, -0.2) is 24.1 Å². The van der Waals surface area contributed by atoms with Gasteiger partial charge >= 0.3 is 0 Å². The Hall–Kier alpha value is -3.80. The van der Waals surface area contributed by atoms with Crippen LogP contribution in [0.2, 0.25) is 0 Å². The fourth-order valence-corrected chi connectivity index (χ4v) is 5.61. The SMILES string of the molecule is CC(C)COc1cc(F)cc(-c2cnc(C(=O)NS(=O)(=O)c3cccc(N)n3)c(N3C[C@@H](C)CC3(C)C)n2)c1.[HH].[HH]. The molecule has 1 aliphatic heterocycles. The number of carbonyl (C=O) groups is 1. The Morgan fingerprint density at radius 2 is 2.03 bits per heavy atom. The van der Waals surface area contributed by atoms with E-state index in [9.17, 15) is 17.6 Å². The van der Waals surface area contributed by atoms with E-state index >= 15 is 0 Å². The number of anilines is 2. The van der Waals surface area contributed by atoms with Crippen molar-refractivity contribution < 1.29 is 25.2 Å². The summed E-state index contributed by atoms with van der Waals surface area (Å²) in [6.07, 6.45) is 2.13. The van der Waals surface area contributed by atoms with Crippen LogP contribution in [0.1, 0.15) is 54.4 Å². The number of nitrogen functional groups attached to an aromatic ring is 1. The molecule has 0 saturated carbocycles. The van der Waals surface area contributed by atoms with Gasteiger partial charge in [0.25, 0.3) is 15.9 Å². The van der Waals surface area contributed by atoms with Crippen molar-refractivity contribution in [2.45, 2.75) is 51.6 Å². The fraction of sp³-hybridized carbons (Fsp3) is 0.407. The number of sulfonamides is 1. The second kappa shape index (κ2) is 10.8. The first kappa shape index (κ1) is 28.2. The Bertz CT molecular complexity index is 1510. The molecule has 1 fully saturated rings. The van der Waals surface area contributed by atoms with E-state index < -0.39 is 32.3 Å². The van der Waals surface area contributed by atoms with Gasteiger partial charge in [0.15, 0.2) is 16.5 Å². The first-order valence-corrected chi connectivity index (χ1v) is 14.1. The number of carbonyl (C=O) groups excluding carboxylic acids is 1. The number of hydrogen-bond donors (Lipinski definition) is 2. The highest BCUT2D eigenvalue weighted by Crippen LogP contribution is 2.38. The molecule has 0 radical (unpaired) electrons. The zero-order chi connectivity index (χ0) is 28.5. The van der Waals surface area contributed by atoms with Crippen LogP contribution in [0.25, 0.3) is 11.3 Å². The summed E-state index contributed by atoms with van der Waals surface area (Å²) in [6, 6.07) is 8.35. The van der Waals surface area contributed by atoms with Gasteiger partial charge in [0.1, 0.15) is 17.4 Å². The summed E-state index contributed by atoms with van der Waals surface area (Å²) in [5.74, 6) is -0.402. The monoisotopic (exact) mass is 560 g/mol. The van der Waals surface area contributed by atoms with Crippen molar-refractivity contribution in [2.75, 3.05) is 23.8 Å². The van der Waals surface area contributed by atoms with Crippen molar-refractivity contribution in [1.29, 1.82) is 0 Å². The molecule has 1 amide bonds. The highest BCUT2D eigenvalue weighted by Gasteiger charge is 2.40. The number of benzene rings is 1. The number of nitrogens with zero attached hydrogens (tertiary/aromatic N) is 4. The molecule has 3 heterocycles. The van der Waals surface area contributed by atoms with Crippen molar-refractivity contribution in [2.24, 2.45) is 11.8 Å². The second-order valence-corrected chi connectivity index (χ2v) is 12.5. The van der Waals surface area contributed by atoms with E-state index in [0.29, 0.717) is 30.2 Å². The Labute approximate surface area is 230 Å². The van der Waals surface area contributed by atoms with Crippen LogP contribution < -0.4 is 20.1 Å². The van der Waals surface area contributed by atoms with E-state index in [-0.39, 0.29) is 32.0 Å². The molecule has 0 unspecified atom stereocenters. The highest BCUT2D eigenvalue weighted by atomic mass is 32.2. The molecule has 1 aliphatic rings. The third-order valence-corrected chi connectivity index (χ3v) is 7.53. The summed E-state index contributed by atoms with van der Waals surface area (Å²) < 4.78 is 48.0. The molecule has 0 bridgehead atoms. The van der Waals surface area contributed by atoms with Gasteiger partial charge in [-0.1, -0.05) is 26.8 Å². The van der Waals surface area contributed by atoms with Crippen molar-refractivity contribution >= 4 is 27.6 Å². The molecule has 0 aliphatic carbocycles. The van der Waals surface area contributed by atoms with Crippen molar-refractivity contribution in [1.82, 2.24) is 19.7 Å². The van der Waals surface area contributed by atoms with Crippen LogP contribution in [0.5, 0.6) is 5.75 Å². The minimum Gasteiger partial charge on any atom is -0.493 e. The van der Waals surface area contributed by atoms with Crippen molar-refractivity contribution in [3.8, 4) is 17.0 Å².